The van der Waals surface area contributed by atoms with Crippen LogP contribution in [0.3, 0.4) is 0 Å². The van der Waals surface area contributed by atoms with Crippen molar-refractivity contribution in [3.8, 4) is 6.07 Å². The lowest BCUT2D eigenvalue weighted by atomic mass is 9.74. The second-order valence-corrected chi connectivity index (χ2v) is 5.97. The van der Waals surface area contributed by atoms with Crippen LogP contribution < -0.4 is 10.6 Å². The maximum atomic E-state index is 12.8. The van der Waals surface area contributed by atoms with Crippen LogP contribution in [0.4, 0.5) is 5.69 Å². The summed E-state index contributed by atoms with van der Waals surface area (Å²) < 4.78 is 0. The van der Waals surface area contributed by atoms with Gasteiger partial charge in [-0.05, 0) is 50.6 Å². The molecule has 21 heavy (non-hydrogen) atoms. The number of hydrogen-bond donors (Lipinski definition) is 2. The second-order valence-electron chi connectivity index (χ2n) is 5.54. The van der Waals surface area contributed by atoms with Gasteiger partial charge in [0, 0.05) is 5.02 Å². The fraction of sp³-hybridized carbons (Fsp3) is 0.500. The van der Waals surface area contributed by atoms with E-state index in [1.165, 1.54) is 0 Å². The molecule has 1 amide bonds. The van der Waals surface area contributed by atoms with Crippen molar-refractivity contribution >= 4 is 23.2 Å². The Balaban J connectivity index is 2.23. The highest BCUT2D eigenvalue weighted by molar-refractivity contribution is 6.31. The van der Waals surface area contributed by atoms with Gasteiger partial charge in [0.2, 0.25) is 5.91 Å². The summed E-state index contributed by atoms with van der Waals surface area (Å²) in [6.45, 7) is 3.80. The molecule has 0 radical (unpaired) electrons. The maximum absolute atomic E-state index is 12.8. The van der Waals surface area contributed by atoms with E-state index >= 15 is 0 Å². The number of carbonyl (C=O) groups excluding carboxylic acids is 1. The van der Waals surface area contributed by atoms with E-state index in [2.05, 4.69) is 23.6 Å². The highest BCUT2D eigenvalue weighted by Crippen LogP contribution is 2.36. The Morgan fingerprint density at radius 2 is 2.19 bits per heavy atom. The number of halogens is 1. The number of nitrogens with zero attached hydrogens (tertiary/aromatic N) is 1. The third kappa shape index (κ3) is 3.55. The zero-order chi connectivity index (χ0) is 15.3. The van der Waals surface area contributed by atoms with Crippen LogP contribution in [0.25, 0.3) is 0 Å². The molecular weight excluding hydrogens is 286 g/mol. The van der Waals surface area contributed by atoms with Crippen molar-refractivity contribution in [3.05, 3.63) is 28.8 Å². The smallest absolute Gasteiger partial charge is 0.230 e. The first-order chi connectivity index (χ1) is 10.1. The number of benzene rings is 1. The number of carbonyl (C=O) groups is 1. The molecule has 2 N–H and O–H groups in total. The molecule has 2 rings (SSSR count). The molecule has 0 atom stereocenters. The molecule has 0 unspecified atom stereocenters. The zero-order valence-corrected chi connectivity index (χ0v) is 13.0. The van der Waals surface area contributed by atoms with Gasteiger partial charge in [0.25, 0.3) is 0 Å². The summed E-state index contributed by atoms with van der Waals surface area (Å²) in [6.07, 6.45) is 3.49. The number of piperidine rings is 1. The van der Waals surface area contributed by atoms with Gasteiger partial charge in [0.15, 0.2) is 0 Å². The molecule has 1 heterocycles. The number of anilines is 1. The zero-order valence-electron chi connectivity index (χ0n) is 12.2. The lowest BCUT2D eigenvalue weighted by molar-refractivity contribution is -0.127. The van der Waals surface area contributed by atoms with E-state index in [0.29, 0.717) is 16.3 Å². The first-order valence-corrected chi connectivity index (χ1v) is 7.71. The molecule has 0 bridgehead atoms. The maximum Gasteiger partial charge on any atom is 0.230 e. The normalized spacial score (nSPS) is 17.0. The molecule has 1 aromatic rings. The van der Waals surface area contributed by atoms with Crippen LogP contribution in [0.5, 0.6) is 0 Å². The highest BCUT2D eigenvalue weighted by atomic mass is 35.5. The molecule has 1 aliphatic heterocycles. The lowest BCUT2D eigenvalue weighted by Crippen LogP contribution is -2.45. The van der Waals surface area contributed by atoms with Gasteiger partial charge >= 0.3 is 0 Å². The van der Waals surface area contributed by atoms with E-state index in [4.69, 9.17) is 16.9 Å². The van der Waals surface area contributed by atoms with Crippen LogP contribution >= 0.6 is 11.6 Å². The van der Waals surface area contributed by atoms with Crippen LogP contribution in [-0.4, -0.2) is 19.0 Å². The fourth-order valence-electron chi connectivity index (χ4n) is 2.95. The van der Waals surface area contributed by atoms with E-state index in [-0.39, 0.29) is 11.3 Å². The van der Waals surface area contributed by atoms with Crippen LogP contribution in [-0.2, 0) is 4.79 Å². The van der Waals surface area contributed by atoms with Gasteiger partial charge in [-0.25, -0.2) is 0 Å². The summed E-state index contributed by atoms with van der Waals surface area (Å²) in [5.74, 6) is 0.00427. The molecule has 1 aliphatic rings. The van der Waals surface area contributed by atoms with Crippen LogP contribution in [0.2, 0.25) is 5.02 Å². The number of rotatable bonds is 4. The van der Waals surface area contributed by atoms with Crippen molar-refractivity contribution < 1.29 is 4.79 Å². The summed E-state index contributed by atoms with van der Waals surface area (Å²) in [5, 5.41) is 15.9. The minimum absolute atomic E-state index is 0.00427. The minimum atomic E-state index is -0.338. The van der Waals surface area contributed by atoms with Gasteiger partial charge in [0.05, 0.1) is 16.7 Å². The predicted molar refractivity (Wildman–Crippen MR) is 84.2 cm³/mol. The first kappa shape index (κ1) is 15.8. The second kappa shape index (κ2) is 6.93. The van der Waals surface area contributed by atoms with Gasteiger partial charge in [-0.15, -0.1) is 0 Å². The summed E-state index contributed by atoms with van der Waals surface area (Å²) in [6, 6.07) is 7.01. The molecule has 0 aliphatic carbocycles. The minimum Gasteiger partial charge on any atom is -0.324 e. The van der Waals surface area contributed by atoms with Crippen molar-refractivity contribution in [2.24, 2.45) is 5.41 Å². The number of hydrogen-bond acceptors (Lipinski definition) is 3. The summed E-state index contributed by atoms with van der Waals surface area (Å²) >= 11 is 5.97. The van der Waals surface area contributed by atoms with Crippen molar-refractivity contribution in [3.63, 3.8) is 0 Å². The van der Waals surface area contributed by atoms with E-state index in [9.17, 15) is 4.79 Å². The quantitative estimate of drug-likeness (QED) is 0.897. The molecule has 4 nitrogen and oxygen atoms in total. The lowest BCUT2D eigenvalue weighted by Gasteiger charge is -2.36. The Morgan fingerprint density at radius 3 is 2.81 bits per heavy atom. The molecule has 1 aromatic carbocycles. The van der Waals surface area contributed by atoms with Gasteiger partial charge in [-0.2, -0.15) is 5.26 Å². The van der Waals surface area contributed by atoms with E-state index in [0.717, 1.165) is 38.8 Å². The predicted octanol–water partition coefficient (Wildman–Crippen LogP) is 3.32. The molecule has 0 spiro atoms. The first-order valence-electron chi connectivity index (χ1n) is 7.33. The van der Waals surface area contributed by atoms with Gasteiger partial charge in [0.1, 0.15) is 6.07 Å². The molecule has 112 valence electrons. The number of nitrogens with one attached hydrogen (secondary N) is 2. The number of amides is 1. The van der Waals surface area contributed by atoms with Gasteiger partial charge in [-0.3, -0.25) is 4.79 Å². The Morgan fingerprint density at radius 1 is 1.48 bits per heavy atom. The average Bonchev–Trinajstić information content (AvgIpc) is 2.49. The Labute approximate surface area is 130 Å². The van der Waals surface area contributed by atoms with E-state index in [1.54, 1.807) is 18.2 Å². The topological polar surface area (TPSA) is 64.9 Å². The van der Waals surface area contributed by atoms with Crippen LogP contribution in [0.1, 0.15) is 38.2 Å². The van der Waals surface area contributed by atoms with Crippen molar-refractivity contribution in [2.45, 2.75) is 32.6 Å². The van der Waals surface area contributed by atoms with E-state index < -0.39 is 0 Å². The Bertz CT molecular complexity index is 554. The van der Waals surface area contributed by atoms with Gasteiger partial charge in [-0.1, -0.05) is 24.9 Å². The summed E-state index contributed by atoms with van der Waals surface area (Å²) in [4.78, 5) is 12.8. The Hall–Kier alpha value is -1.57. The van der Waals surface area contributed by atoms with Crippen molar-refractivity contribution in [2.75, 3.05) is 18.4 Å². The molecular formula is C16H20ClN3O. The van der Waals surface area contributed by atoms with E-state index in [1.807, 2.05) is 0 Å². The molecule has 1 saturated heterocycles. The summed E-state index contributed by atoms with van der Waals surface area (Å²) in [7, 11) is 0. The number of nitriles is 1. The average molecular weight is 306 g/mol. The standard InChI is InChI=1S/C16H20ClN3O/c1-2-5-16(6-8-19-9-7-16)15(21)20-14-10-13(17)4-3-12(14)11-18/h3-4,10,19H,2,5-9H2,1H3,(H,20,21). The third-order valence-corrected chi connectivity index (χ3v) is 4.36. The van der Waals surface area contributed by atoms with Crippen molar-refractivity contribution in [1.82, 2.24) is 5.32 Å². The monoisotopic (exact) mass is 305 g/mol. The molecule has 5 heteroatoms. The van der Waals surface area contributed by atoms with Crippen molar-refractivity contribution in [1.29, 1.82) is 5.26 Å². The molecule has 1 fully saturated rings. The van der Waals surface area contributed by atoms with Gasteiger partial charge < -0.3 is 10.6 Å². The highest BCUT2D eigenvalue weighted by Gasteiger charge is 2.38. The van der Waals surface area contributed by atoms with Crippen LogP contribution in [0, 0.1) is 16.7 Å². The molecule has 0 aromatic heterocycles. The fourth-order valence-corrected chi connectivity index (χ4v) is 3.12. The third-order valence-electron chi connectivity index (χ3n) is 4.12. The molecule has 0 saturated carbocycles. The SMILES string of the molecule is CCCC1(C(=O)Nc2cc(Cl)ccc2C#N)CCNCC1. The summed E-state index contributed by atoms with van der Waals surface area (Å²) in [5.41, 5.74) is 0.604. The van der Waals surface area contributed by atoms with Crippen LogP contribution in [0.15, 0.2) is 18.2 Å². The largest absolute Gasteiger partial charge is 0.324 e. The Kier molecular flexibility index (Phi) is 5.22.